The second-order valence-electron chi connectivity index (χ2n) is 7.82. The molecule has 1 heterocycles. The van der Waals surface area contributed by atoms with Crippen LogP contribution in [0.2, 0.25) is 0 Å². The summed E-state index contributed by atoms with van der Waals surface area (Å²) in [5, 5.41) is 7.69. The number of benzene rings is 1. The zero-order chi connectivity index (χ0) is 19.6. The Bertz CT molecular complexity index is 804. The van der Waals surface area contributed by atoms with Crippen LogP contribution in [-0.4, -0.2) is 46.8 Å². The van der Waals surface area contributed by atoms with Crippen molar-refractivity contribution in [2.75, 3.05) is 20.6 Å². The smallest absolute Gasteiger partial charge is 0.224 e. The van der Waals surface area contributed by atoms with Crippen molar-refractivity contribution in [1.82, 2.24) is 20.0 Å². The van der Waals surface area contributed by atoms with Crippen LogP contribution in [-0.2, 0) is 11.2 Å². The number of nitrogens with one attached hydrogen (secondary N) is 1. The number of halogens is 1. The monoisotopic (exact) mass is 372 g/mol. The highest BCUT2D eigenvalue weighted by molar-refractivity contribution is 5.79. The van der Waals surface area contributed by atoms with Crippen LogP contribution in [0.4, 0.5) is 4.39 Å². The summed E-state index contributed by atoms with van der Waals surface area (Å²) in [6, 6.07) is 6.22. The molecule has 0 spiro atoms. The Hall–Kier alpha value is -2.21. The van der Waals surface area contributed by atoms with E-state index in [2.05, 4.69) is 29.4 Å². The fourth-order valence-electron chi connectivity index (χ4n) is 4.07. The van der Waals surface area contributed by atoms with Crippen LogP contribution in [0.15, 0.2) is 24.3 Å². The highest BCUT2D eigenvalue weighted by atomic mass is 19.1. The van der Waals surface area contributed by atoms with E-state index in [0.717, 1.165) is 35.5 Å². The lowest BCUT2D eigenvalue weighted by Crippen LogP contribution is -2.51. The van der Waals surface area contributed by atoms with Gasteiger partial charge in [-0.3, -0.25) is 4.79 Å². The lowest BCUT2D eigenvalue weighted by Gasteiger charge is -2.36. The van der Waals surface area contributed by atoms with E-state index in [-0.39, 0.29) is 17.3 Å². The molecule has 1 aliphatic rings. The minimum absolute atomic E-state index is 0.0213. The minimum atomic E-state index is -0.276. The van der Waals surface area contributed by atoms with Crippen LogP contribution in [0.5, 0.6) is 0 Å². The zero-order valence-electron chi connectivity index (χ0n) is 16.7. The van der Waals surface area contributed by atoms with E-state index < -0.39 is 0 Å². The Morgan fingerprint density at radius 1 is 1.22 bits per heavy atom. The van der Waals surface area contributed by atoms with Crippen molar-refractivity contribution in [1.29, 1.82) is 0 Å². The van der Waals surface area contributed by atoms with E-state index in [4.69, 9.17) is 0 Å². The second-order valence-corrected chi connectivity index (χ2v) is 7.82. The summed E-state index contributed by atoms with van der Waals surface area (Å²) in [5.74, 6) is -0.255. The van der Waals surface area contributed by atoms with Crippen molar-refractivity contribution in [2.45, 2.75) is 51.5 Å². The molecule has 1 N–H and O–H groups in total. The number of carbonyl (C=O) groups excluding carboxylic acids is 1. The number of rotatable bonds is 6. The van der Waals surface area contributed by atoms with Gasteiger partial charge < -0.3 is 10.2 Å². The van der Waals surface area contributed by atoms with Gasteiger partial charge in [-0.25, -0.2) is 9.07 Å². The third-order valence-electron chi connectivity index (χ3n) is 5.95. The second kappa shape index (κ2) is 7.80. The van der Waals surface area contributed by atoms with Gasteiger partial charge in [0.25, 0.3) is 0 Å². The summed E-state index contributed by atoms with van der Waals surface area (Å²) >= 11 is 0. The third kappa shape index (κ3) is 4.05. The highest BCUT2D eigenvalue weighted by Gasteiger charge is 2.36. The van der Waals surface area contributed by atoms with Gasteiger partial charge in [0, 0.05) is 23.3 Å². The molecule has 1 saturated carbocycles. The predicted octanol–water partition coefficient (Wildman–Crippen LogP) is 3.16. The molecule has 0 bridgehead atoms. The summed E-state index contributed by atoms with van der Waals surface area (Å²) in [6.45, 7) is 4.54. The molecule has 146 valence electrons. The third-order valence-corrected chi connectivity index (χ3v) is 5.95. The van der Waals surface area contributed by atoms with Gasteiger partial charge in [-0.2, -0.15) is 5.10 Å². The van der Waals surface area contributed by atoms with Gasteiger partial charge in [0.15, 0.2) is 0 Å². The molecule has 0 aliphatic heterocycles. The van der Waals surface area contributed by atoms with Crippen molar-refractivity contribution < 1.29 is 9.18 Å². The summed E-state index contributed by atoms with van der Waals surface area (Å²) in [7, 11) is 4.19. The summed E-state index contributed by atoms with van der Waals surface area (Å²) in [4.78, 5) is 14.9. The van der Waals surface area contributed by atoms with Gasteiger partial charge in [0.2, 0.25) is 5.91 Å². The van der Waals surface area contributed by atoms with Crippen LogP contribution < -0.4 is 5.32 Å². The zero-order valence-corrected chi connectivity index (χ0v) is 16.7. The Labute approximate surface area is 160 Å². The average molecular weight is 372 g/mol. The molecule has 6 heteroatoms. The van der Waals surface area contributed by atoms with Crippen molar-refractivity contribution in [3.05, 3.63) is 47.0 Å². The number of nitrogens with zero attached hydrogens (tertiary/aromatic N) is 3. The Morgan fingerprint density at radius 2 is 1.85 bits per heavy atom. The van der Waals surface area contributed by atoms with E-state index in [1.165, 1.54) is 25.0 Å². The number of aryl methyl sites for hydroxylation is 1. The van der Waals surface area contributed by atoms with Gasteiger partial charge in [-0.1, -0.05) is 12.8 Å². The van der Waals surface area contributed by atoms with Gasteiger partial charge in [0.1, 0.15) is 5.82 Å². The Kier molecular flexibility index (Phi) is 5.65. The highest BCUT2D eigenvalue weighted by Crippen LogP contribution is 2.33. The average Bonchev–Trinajstić information content (AvgIpc) is 3.22. The van der Waals surface area contributed by atoms with Crippen molar-refractivity contribution in [3.63, 3.8) is 0 Å². The fourth-order valence-corrected chi connectivity index (χ4v) is 4.07. The van der Waals surface area contributed by atoms with E-state index in [9.17, 15) is 9.18 Å². The number of hydrogen-bond acceptors (Lipinski definition) is 3. The number of amides is 1. The van der Waals surface area contributed by atoms with Crippen LogP contribution in [0.1, 0.15) is 42.6 Å². The van der Waals surface area contributed by atoms with Gasteiger partial charge in [-0.15, -0.1) is 0 Å². The lowest BCUT2D eigenvalue weighted by molar-refractivity contribution is -0.121. The van der Waals surface area contributed by atoms with Gasteiger partial charge in [0.05, 0.1) is 17.8 Å². The summed E-state index contributed by atoms with van der Waals surface area (Å²) in [5.41, 5.74) is 3.55. The van der Waals surface area contributed by atoms with Crippen LogP contribution in [0, 0.1) is 19.7 Å². The SMILES string of the molecule is Cc1nn(-c2ccc(F)cc2)c(C)c1CC(=O)NCC1(N(C)C)CCCC1. The van der Waals surface area contributed by atoms with Gasteiger partial charge in [-0.05, 0) is 65.0 Å². The maximum Gasteiger partial charge on any atom is 0.224 e. The molecular weight excluding hydrogens is 343 g/mol. The number of aromatic nitrogens is 2. The molecule has 0 saturated heterocycles. The Morgan fingerprint density at radius 3 is 2.44 bits per heavy atom. The lowest BCUT2D eigenvalue weighted by atomic mass is 9.96. The normalized spacial score (nSPS) is 16.1. The fraction of sp³-hybridized carbons (Fsp3) is 0.524. The minimum Gasteiger partial charge on any atom is -0.354 e. The topological polar surface area (TPSA) is 50.2 Å². The molecule has 1 aliphatic carbocycles. The largest absolute Gasteiger partial charge is 0.354 e. The first kappa shape index (κ1) is 19.5. The first-order valence-corrected chi connectivity index (χ1v) is 9.57. The van der Waals surface area contributed by atoms with Crippen LogP contribution >= 0.6 is 0 Å². The quantitative estimate of drug-likeness (QED) is 0.847. The number of hydrogen-bond donors (Lipinski definition) is 1. The molecule has 1 amide bonds. The van der Waals surface area contributed by atoms with E-state index >= 15 is 0 Å². The maximum absolute atomic E-state index is 13.2. The van der Waals surface area contributed by atoms with Crippen LogP contribution in [0.3, 0.4) is 0 Å². The number of carbonyl (C=O) groups is 1. The molecule has 0 atom stereocenters. The Balaban J connectivity index is 1.70. The van der Waals surface area contributed by atoms with Crippen molar-refractivity contribution >= 4 is 5.91 Å². The van der Waals surface area contributed by atoms with E-state index in [1.54, 1.807) is 16.8 Å². The molecule has 1 aromatic heterocycles. The summed E-state index contributed by atoms with van der Waals surface area (Å²) in [6.07, 6.45) is 5.00. The maximum atomic E-state index is 13.2. The molecule has 3 rings (SSSR count). The first-order chi connectivity index (χ1) is 12.8. The van der Waals surface area contributed by atoms with Crippen molar-refractivity contribution in [2.24, 2.45) is 0 Å². The first-order valence-electron chi connectivity index (χ1n) is 9.57. The predicted molar refractivity (Wildman–Crippen MR) is 105 cm³/mol. The molecule has 2 aromatic rings. The van der Waals surface area contributed by atoms with E-state index in [1.807, 2.05) is 13.8 Å². The molecule has 5 nitrogen and oxygen atoms in total. The molecule has 0 unspecified atom stereocenters. The number of likely N-dealkylation sites (N-methyl/N-ethyl adjacent to an activating group) is 1. The molecule has 1 fully saturated rings. The van der Waals surface area contributed by atoms with Crippen molar-refractivity contribution in [3.8, 4) is 5.69 Å². The molecular formula is C21H29FN4O. The standard InChI is InChI=1S/C21H29FN4O/c1-15-19(16(2)26(24-15)18-9-7-17(22)8-10-18)13-20(27)23-14-21(25(3)4)11-5-6-12-21/h7-10H,5-6,11-14H2,1-4H3,(H,23,27). The molecule has 27 heavy (non-hydrogen) atoms. The van der Waals surface area contributed by atoms with Gasteiger partial charge >= 0.3 is 0 Å². The molecule has 0 radical (unpaired) electrons. The summed E-state index contributed by atoms with van der Waals surface area (Å²) < 4.78 is 14.9. The van der Waals surface area contributed by atoms with E-state index in [0.29, 0.717) is 13.0 Å². The molecule has 1 aromatic carbocycles. The van der Waals surface area contributed by atoms with Crippen LogP contribution in [0.25, 0.3) is 5.69 Å².